The Hall–Kier alpha value is -1.80. The average molecular weight is 462 g/mol. The summed E-state index contributed by atoms with van der Waals surface area (Å²) in [6.45, 7) is 2.09. The molecule has 1 aliphatic heterocycles. The molecule has 0 saturated carbocycles. The van der Waals surface area contributed by atoms with Gasteiger partial charge in [-0.05, 0) is 35.4 Å². The first-order valence-electron chi connectivity index (χ1n) is 9.33. The lowest BCUT2D eigenvalue weighted by molar-refractivity contribution is -0.138. The van der Waals surface area contributed by atoms with Crippen molar-refractivity contribution in [2.24, 2.45) is 0 Å². The lowest BCUT2D eigenvalue weighted by Crippen LogP contribution is -2.39. The summed E-state index contributed by atoms with van der Waals surface area (Å²) in [4.78, 5) is 13.1. The summed E-state index contributed by atoms with van der Waals surface area (Å²) in [6.07, 6.45) is -4.42. The molecule has 1 fully saturated rings. The van der Waals surface area contributed by atoms with Crippen LogP contribution in [0.3, 0.4) is 0 Å². The van der Waals surface area contributed by atoms with Crippen molar-refractivity contribution >= 4 is 28.4 Å². The fourth-order valence-corrected chi connectivity index (χ4v) is 3.59. The van der Waals surface area contributed by atoms with Gasteiger partial charge in [0, 0.05) is 31.6 Å². The van der Waals surface area contributed by atoms with Gasteiger partial charge in [-0.2, -0.15) is 13.2 Å². The number of hydrogen-bond donors (Lipinski definition) is 0. The zero-order valence-corrected chi connectivity index (χ0v) is 17.4. The van der Waals surface area contributed by atoms with Crippen LogP contribution in [0, 0.1) is 0 Å². The molecule has 3 rings (SSSR count). The highest BCUT2D eigenvalue weighted by Crippen LogP contribution is 2.34. The van der Waals surface area contributed by atoms with Gasteiger partial charge in [0.2, 0.25) is 5.24 Å². The number of rotatable bonds is 7. The first-order chi connectivity index (χ1) is 14.2. The SMILES string of the molecule is O=C(Cl)CCN1CCOC(c2ccc(OCc3ccccc3C(F)(F)F)c(Cl)c2)C1. The molecule has 9 heteroatoms. The summed E-state index contributed by atoms with van der Waals surface area (Å²) in [5.41, 5.74) is 0.124. The van der Waals surface area contributed by atoms with Gasteiger partial charge in [-0.1, -0.05) is 35.9 Å². The second-order valence-corrected chi connectivity index (χ2v) is 7.73. The number of carbonyl (C=O) groups excluding carboxylic acids is 1. The zero-order valence-electron chi connectivity index (χ0n) is 15.9. The third kappa shape index (κ3) is 6.11. The van der Waals surface area contributed by atoms with Crippen molar-refractivity contribution in [3.63, 3.8) is 0 Å². The molecule has 0 N–H and O–H groups in total. The first-order valence-corrected chi connectivity index (χ1v) is 10.1. The largest absolute Gasteiger partial charge is 0.487 e. The summed E-state index contributed by atoms with van der Waals surface area (Å²) in [7, 11) is 0. The van der Waals surface area contributed by atoms with E-state index in [-0.39, 0.29) is 40.7 Å². The number of hydrogen-bond acceptors (Lipinski definition) is 4. The van der Waals surface area contributed by atoms with Crippen LogP contribution in [0.4, 0.5) is 13.2 Å². The Bertz CT molecular complexity index is 892. The van der Waals surface area contributed by atoms with Gasteiger partial charge in [-0.3, -0.25) is 9.69 Å². The molecule has 4 nitrogen and oxygen atoms in total. The first kappa shape index (κ1) is 22.9. The van der Waals surface area contributed by atoms with Gasteiger partial charge < -0.3 is 9.47 Å². The molecule has 2 aromatic rings. The molecule has 2 aromatic carbocycles. The molecule has 1 heterocycles. The van der Waals surface area contributed by atoms with Gasteiger partial charge in [0.05, 0.1) is 23.3 Å². The van der Waals surface area contributed by atoms with Crippen molar-refractivity contribution in [2.45, 2.75) is 25.3 Å². The Morgan fingerprint density at radius 1 is 1.23 bits per heavy atom. The van der Waals surface area contributed by atoms with Crippen LogP contribution in [0.25, 0.3) is 0 Å². The molecular weight excluding hydrogens is 442 g/mol. The number of carbonyl (C=O) groups is 1. The van der Waals surface area contributed by atoms with Crippen LogP contribution in [0.5, 0.6) is 5.75 Å². The molecule has 162 valence electrons. The van der Waals surface area contributed by atoms with Crippen molar-refractivity contribution in [3.05, 3.63) is 64.2 Å². The van der Waals surface area contributed by atoms with E-state index in [1.807, 2.05) is 0 Å². The predicted molar refractivity (Wildman–Crippen MR) is 108 cm³/mol. The highest BCUT2D eigenvalue weighted by Gasteiger charge is 2.33. The number of ether oxygens (including phenoxy) is 2. The molecule has 0 spiro atoms. The molecule has 0 aliphatic carbocycles. The molecule has 0 radical (unpaired) electrons. The number of benzene rings is 2. The quantitative estimate of drug-likeness (QED) is 0.512. The summed E-state index contributed by atoms with van der Waals surface area (Å²) in [5, 5.41) is -0.0941. The van der Waals surface area contributed by atoms with E-state index in [0.29, 0.717) is 26.2 Å². The summed E-state index contributed by atoms with van der Waals surface area (Å²) in [5.74, 6) is 0.290. The van der Waals surface area contributed by atoms with Crippen molar-refractivity contribution < 1.29 is 27.4 Å². The van der Waals surface area contributed by atoms with Crippen LogP contribution in [0.1, 0.15) is 29.2 Å². The standard InChI is InChI=1S/C21H20Cl2F3NO3/c22-17-11-14(19-12-27(9-10-29-19)8-7-20(23)28)5-6-18(17)30-13-15-3-1-2-4-16(15)21(24,25)26/h1-6,11,19H,7-10,12-13H2. The minimum atomic E-state index is -4.45. The van der Waals surface area contributed by atoms with E-state index >= 15 is 0 Å². The van der Waals surface area contributed by atoms with Crippen LogP contribution in [0.2, 0.25) is 5.02 Å². The van der Waals surface area contributed by atoms with Gasteiger partial charge in [0.1, 0.15) is 12.4 Å². The van der Waals surface area contributed by atoms with Crippen molar-refractivity contribution in [1.29, 1.82) is 0 Å². The molecule has 1 unspecified atom stereocenters. The van der Waals surface area contributed by atoms with Crippen molar-refractivity contribution in [2.75, 3.05) is 26.2 Å². The maximum atomic E-state index is 13.1. The van der Waals surface area contributed by atoms with Crippen LogP contribution in [-0.4, -0.2) is 36.4 Å². The van der Waals surface area contributed by atoms with Crippen LogP contribution < -0.4 is 4.74 Å². The Morgan fingerprint density at radius 2 is 2.00 bits per heavy atom. The van der Waals surface area contributed by atoms with Gasteiger partial charge in [0.25, 0.3) is 0 Å². The molecule has 0 bridgehead atoms. The van der Waals surface area contributed by atoms with Gasteiger partial charge >= 0.3 is 6.18 Å². The summed E-state index contributed by atoms with van der Waals surface area (Å²) >= 11 is 11.7. The Balaban J connectivity index is 1.65. The Labute approximate surface area is 182 Å². The van der Waals surface area contributed by atoms with E-state index in [1.165, 1.54) is 18.2 Å². The molecule has 1 saturated heterocycles. The second-order valence-electron chi connectivity index (χ2n) is 6.90. The lowest BCUT2D eigenvalue weighted by Gasteiger charge is -2.33. The highest BCUT2D eigenvalue weighted by atomic mass is 35.5. The van der Waals surface area contributed by atoms with Gasteiger partial charge in [-0.25, -0.2) is 0 Å². The maximum absolute atomic E-state index is 13.1. The number of nitrogens with zero attached hydrogens (tertiary/aromatic N) is 1. The van der Waals surface area contributed by atoms with Crippen LogP contribution in [-0.2, 0) is 22.3 Å². The Kier molecular flexibility index (Phi) is 7.63. The lowest BCUT2D eigenvalue weighted by atomic mass is 10.1. The number of alkyl halides is 3. The molecule has 1 atom stereocenters. The normalized spacial score (nSPS) is 17.7. The average Bonchev–Trinajstić information content (AvgIpc) is 2.71. The predicted octanol–water partition coefficient (Wildman–Crippen LogP) is 5.47. The zero-order chi connectivity index (χ0) is 21.7. The molecule has 1 aliphatic rings. The van der Waals surface area contributed by atoms with Crippen molar-refractivity contribution in [3.8, 4) is 5.75 Å². The minimum absolute atomic E-state index is 0.0326. The van der Waals surface area contributed by atoms with Crippen LogP contribution >= 0.6 is 23.2 Å². The Morgan fingerprint density at radius 3 is 2.70 bits per heavy atom. The summed E-state index contributed by atoms with van der Waals surface area (Å²) < 4.78 is 50.7. The third-order valence-electron chi connectivity index (χ3n) is 4.81. The number of halogens is 5. The molecule has 0 amide bonds. The molecular formula is C21H20Cl2F3NO3. The fraction of sp³-hybridized carbons (Fsp3) is 0.381. The van der Waals surface area contributed by atoms with E-state index in [1.54, 1.807) is 18.2 Å². The minimum Gasteiger partial charge on any atom is -0.487 e. The van der Waals surface area contributed by atoms with Crippen LogP contribution in [0.15, 0.2) is 42.5 Å². The smallest absolute Gasteiger partial charge is 0.416 e. The summed E-state index contributed by atoms with van der Waals surface area (Å²) in [6, 6.07) is 10.4. The maximum Gasteiger partial charge on any atom is 0.416 e. The third-order valence-corrected chi connectivity index (χ3v) is 5.29. The van der Waals surface area contributed by atoms with E-state index in [2.05, 4.69) is 4.90 Å². The topological polar surface area (TPSA) is 38.8 Å². The second kappa shape index (κ2) is 10.0. The van der Waals surface area contributed by atoms with Gasteiger partial charge in [0.15, 0.2) is 0 Å². The van der Waals surface area contributed by atoms with E-state index in [0.717, 1.165) is 11.6 Å². The highest BCUT2D eigenvalue weighted by molar-refractivity contribution is 6.63. The van der Waals surface area contributed by atoms with Crippen molar-refractivity contribution in [1.82, 2.24) is 4.90 Å². The van der Waals surface area contributed by atoms with Gasteiger partial charge in [-0.15, -0.1) is 0 Å². The van der Waals surface area contributed by atoms with E-state index < -0.39 is 11.7 Å². The fourth-order valence-electron chi connectivity index (χ4n) is 3.27. The molecule has 0 aromatic heterocycles. The molecule has 30 heavy (non-hydrogen) atoms. The van der Waals surface area contributed by atoms with E-state index in [4.69, 9.17) is 32.7 Å². The van der Waals surface area contributed by atoms with E-state index in [9.17, 15) is 18.0 Å². The monoisotopic (exact) mass is 461 g/mol. The number of morpholine rings is 1.